The van der Waals surface area contributed by atoms with Crippen LogP contribution in [-0.4, -0.2) is 28.7 Å². The molecular formula is C15H23NOS. The van der Waals surface area contributed by atoms with Gasteiger partial charge in [-0.1, -0.05) is 19.3 Å². The molecule has 1 saturated carbocycles. The van der Waals surface area contributed by atoms with E-state index in [1.807, 2.05) is 11.3 Å². The van der Waals surface area contributed by atoms with Gasteiger partial charge in [0.2, 0.25) is 0 Å². The van der Waals surface area contributed by atoms with Gasteiger partial charge in [-0.05, 0) is 49.2 Å². The second-order valence-electron chi connectivity index (χ2n) is 5.97. The Balaban J connectivity index is 1.66. The van der Waals surface area contributed by atoms with Crippen LogP contribution in [0.25, 0.3) is 0 Å². The zero-order valence-corrected chi connectivity index (χ0v) is 11.8. The van der Waals surface area contributed by atoms with Crippen molar-refractivity contribution in [3.8, 4) is 0 Å². The average molecular weight is 265 g/mol. The van der Waals surface area contributed by atoms with Gasteiger partial charge in [-0.15, -0.1) is 11.3 Å². The van der Waals surface area contributed by atoms with Crippen LogP contribution in [0, 0.1) is 0 Å². The molecule has 18 heavy (non-hydrogen) atoms. The molecule has 0 saturated heterocycles. The second-order valence-corrected chi connectivity index (χ2v) is 6.97. The minimum atomic E-state index is -0.404. The molecule has 3 rings (SSSR count). The molecule has 0 aromatic carbocycles. The van der Waals surface area contributed by atoms with Crippen molar-refractivity contribution < 1.29 is 5.11 Å². The number of nitrogens with zero attached hydrogens (tertiary/aromatic N) is 1. The SMILES string of the molecule is OC1(CN2CCCc3sccc3C2)CCCCC1. The van der Waals surface area contributed by atoms with Gasteiger partial charge in [0, 0.05) is 18.0 Å². The van der Waals surface area contributed by atoms with Crippen LogP contribution in [0.2, 0.25) is 0 Å². The van der Waals surface area contributed by atoms with Crippen molar-refractivity contribution in [1.82, 2.24) is 4.90 Å². The van der Waals surface area contributed by atoms with Gasteiger partial charge in [0.05, 0.1) is 5.60 Å². The summed E-state index contributed by atoms with van der Waals surface area (Å²) in [5.41, 5.74) is 1.09. The lowest BCUT2D eigenvalue weighted by Crippen LogP contribution is -2.44. The summed E-state index contributed by atoms with van der Waals surface area (Å²) in [5, 5.41) is 12.9. The van der Waals surface area contributed by atoms with E-state index >= 15 is 0 Å². The standard InChI is InChI=1S/C15H23NOS/c17-15(7-2-1-3-8-15)12-16-9-4-5-14-13(11-16)6-10-18-14/h6,10,17H,1-5,7-9,11-12H2. The third-order valence-corrected chi connectivity index (χ3v) is 5.44. The summed E-state index contributed by atoms with van der Waals surface area (Å²) in [7, 11) is 0. The Morgan fingerprint density at radius 1 is 1.22 bits per heavy atom. The zero-order chi connectivity index (χ0) is 12.4. The van der Waals surface area contributed by atoms with Crippen molar-refractivity contribution in [2.24, 2.45) is 0 Å². The van der Waals surface area contributed by atoms with Gasteiger partial charge >= 0.3 is 0 Å². The topological polar surface area (TPSA) is 23.5 Å². The first-order valence-corrected chi connectivity index (χ1v) is 8.13. The fraction of sp³-hybridized carbons (Fsp3) is 0.733. The first kappa shape index (κ1) is 12.6. The van der Waals surface area contributed by atoms with Crippen molar-refractivity contribution in [3.63, 3.8) is 0 Å². The molecule has 0 radical (unpaired) electrons. The maximum atomic E-state index is 10.7. The normalized spacial score (nSPS) is 24.5. The highest BCUT2D eigenvalue weighted by Crippen LogP contribution is 2.31. The lowest BCUT2D eigenvalue weighted by molar-refractivity contribution is -0.0277. The van der Waals surface area contributed by atoms with E-state index in [0.29, 0.717) is 0 Å². The molecule has 3 heteroatoms. The molecule has 0 amide bonds. The minimum Gasteiger partial charge on any atom is -0.389 e. The maximum Gasteiger partial charge on any atom is 0.0774 e. The monoisotopic (exact) mass is 265 g/mol. The van der Waals surface area contributed by atoms with E-state index in [9.17, 15) is 5.11 Å². The molecule has 1 aliphatic carbocycles. The van der Waals surface area contributed by atoms with E-state index in [1.165, 1.54) is 37.7 Å². The van der Waals surface area contributed by atoms with Crippen LogP contribution in [0.3, 0.4) is 0 Å². The lowest BCUT2D eigenvalue weighted by atomic mass is 9.84. The third kappa shape index (κ3) is 2.79. The smallest absolute Gasteiger partial charge is 0.0774 e. The van der Waals surface area contributed by atoms with Crippen LogP contribution in [0.4, 0.5) is 0 Å². The first-order chi connectivity index (χ1) is 8.75. The Labute approximate surface area is 114 Å². The van der Waals surface area contributed by atoms with E-state index in [4.69, 9.17) is 0 Å². The van der Waals surface area contributed by atoms with E-state index in [0.717, 1.165) is 32.5 Å². The molecule has 2 nitrogen and oxygen atoms in total. The summed E-state index contributed by atoms with van der Waals surface area (Å²) in [6.45, 7) is 3.06. The zero-order valence-electron chi connectivity index (χ0n) is 11.0. The average Bonchev–Trinajstić information content (AvgIpc) is 2.69. The largest absolute Gasteiger partial charge is 0.389 e. The highest BCUT2D eigenvalue weighted by Gasteiger charge is 2.31. The summed E-state index contributed by atoms with van der Waals surface area (Å²) in [6, 6.07) is 2.27. The predicted octanol–water partition coefficient (Wildman–Crippen LogP) is 3.19. The number of rotatable bonds is 2. The first-order valence-electron chi connectivity index (χ1n) is 7.25. The van der Waals surface area contributed by atoms with Crippen LogP contribution in [0.1, 0.15) is 49.0 Å². The van der Waals surface area contributed by atoms with Crippen LogP contribution < -0.4 is 0 Å². The Morgan fingerprint density at radius 2 is 2.06 bits per heavy atom. The van der Waals surface area contributed by atoms with Gasteiger partial charge in [0.15, 0.2) is 0 Å². The molecule has 0 bridgehead atoms. The molecular weight excluding hydrogens is 242 g/mol. The molecule has 1 N–H and O–H groups in total. The summed E-state index contributed by atoms with van der Waals surface area (Å²) < 4.78 is 0. The number of fused-ring (bicyclic) bond motifs is 1. The van der Waals surface area contributed by atoms with E-state index in [2.05, 4.69) is 16.3 Å². The van der Waals surface area contributed by atoms with Gasteiger partial charge in [-0.3, -0.25) is 4.90 Å². The summed E-state index contributed by atoms with van der Waals surface area (Å²) in [5.74, 6) is 0. The Bertz CT molecular complexity index is 395. The lowest BCUT2D eigenvalue weighted by Gasteiger charge is -2.36. The van der Waals surface area contributed by atoms with Gasteiger partial charge in [0.1, 0.15) is 0 Å². The predicted molar refractivity (Wildman–Crippen MR) is 76.0 cm³/mol. The van der Waals surface area contributed by atoms with Gasteiger partial charge in [-0.25, -0.2) is 0 Å². The van der Waals surface area contributed by atoms with Crippen LogP contribution in [0.15, 0.2) is 11.4 Å². The van der Waals surface area contributed by atoms with Crippen LogP contribution in [0.5, 0.6) is 0 Å². The van der Waals surface area contributed by atoms with Gasteiger partial charge < -0.3 is 5.11 Å². The molecule has 1 aromatic rings. The maximum absolute atomic E-state index is 10.7. The molecule has 2 heterocycles. The van der Waals surface area contributed by atoms with Crippen molar-refractivity contribution in [3.05, 3.63) is 21.9 Å². The van der Waals surface area contributed by atoms with Crippen LogP contribution in [-0.2, 0) is 13.0 Å². The van der Waals surface area contributed by atoms with E-state index in [-0.39, 0.29) is 0 Å². The highest BCUT2D eigenvalue weighted by molar-refractivity contribution is 7.10. The van der Waals surface area contributed by atoms with E-state index in [1.54, 1.807) is 4.88 Å². The van der Waals surface area contributed by atoms with Crippen molar-refractivity contribution in [2.75, 3.05) is 13.1 Å². The molecule has 2 aliphatic rings. The van der Waals surface area contributed by atoms with Gasteiger partial charge in [-0.2, -0.15) is 0 Å². The molecule has 1 aromatic heterocycles. The molecule has 0 spiro atoms. The Hall–Kier alpha value is -0.380. The number of aryl methyl sites for hydroxylation is 1. The number of aliphatic hydroxyl groups is 1. The number of hydrogen-bond acceptors (Lipinski definition) is 3. The third-order valence-electron chi connectivity index (χ3n) is 4.41. The number of hydrogen-bond donors (Lipinski definition) is 1. The van der Waals surface area contributed by atoms with Crippen molar-refractivity contribution >= 4 is 11.3 Å². The Morgan fingerprint density at radius 3 is 2.89 bits per heavy atom. The molecule has 1 fully saturated rings. The number of thiophene rings is 1. The fourth-order valence-electron chi connectivity index (χ4n) is 3.43. The molecule has 0 unspecified atom stereocenters. The Kier molecular flexibility index (Phi) is 3.73. The summed E-state index contributed by atoms with van der Waals surface area (Å²) in [4.78, 5) is 4.04. The fourth-order valence-corrected chi connectivity index (χ4v) is 4.37. The highest BCUT2D eigenvalue weighted by atomic mass is 32.1. The molecule has 100 valence electrons. The second kappa shape index (κ2) is 5.32. The summed E-state index contributed by atoms with van der Waals surface area (Å²) >= 11 is 1.90. The van der Waals surface area contributed by atoms with Crippen molar-refractivity contribution in [2.45, 2.75) is 57.1 Å². The minimum absolute atomic E-state index is 0.404. The quantitative estimate of drug-likeness (QED) is 0.887. The summed E-state index contributed by atoms with van der Waals surface area (Å²) in [6.07, 6.45) is 8.17. The van der Waals surface area contributed by atoms with Crippen molar-refractivity contribution in [1.29, 1.82) is 0 Å². The molecule has 1 aliphatic heterocycles. The van der Waals surface area contributed by atoms with Gasteiger partial charge in [0.25, 0.3) is 0 Å². The molecule has 0 atom stereocenters. The number of β-amino-alcohol motifs (C(OH)–C–C–N with tert-alkyl or cyclic N) is 1. The van der Waals surface area contributed by atoms with Crippen LogP contribution >= 0.6 is 11.3 Å². The van der Waals surface area contributed by atoms with E-state index < -0.39 is 5.60 Å².